The highest BCUT2D eigenvalue weighted by atomic mass is 16.5. The fourth-order valence-corrected chi connectivity index (χ4v) is 1.40. The summed E-state index contributed by atoms with van der Waals surface area (Å²) in [6, 6.07) is 6.64. The molecule has 0 saturated heterocycles. The zero-order valence-corrected chi connectivity index (χ0v) is 10.3. The Morgan fingerprint density at radius 1 is 1.44 bits per heavy atom. The molecule has 1 N–H and O–H groups in total. The van der Waals surface area contributed by atoms with Crippen LogP contribution in [0.4, 0.5) is 0 Å². The molecule has 0 amide bonds. The molecule has 0 aliphatic carbocycles. The van der Waals surface area contributed by atoms with E-state index in [1.54, 1.807) is 26.0 Å². The number of carboxylic acids is 1. The average Bonchev–Trinajstić information content (AvgIpc) is 2.37. The van der Waals surface area contributed by atoms with Crippen LogP contribution < -0.4 is 9.47 Å². The molecule has 5 nitrogen and oxygen atoms in total. The highest BCUT2D eigenvalue weighted by molar-refractivity contribution is 5.72. The molecule has 0 saturated carbocycles. The van der Waals surface area contributed by atoms with Gasteiger partial charge in [-0.15, -0.1) is 0 Å². The third-order valence-electron chi connectivity index (χ3n) is 2.29. The van der Waals surface area contributed by atoms with Gasteiger partial charge in [-0.3, -0.25) is 0 Å². The van der Waals surface area contributed by atoms with Crippen LogP contribution in [0.15, 0.2) is 18.2 Å². The van der Waals surface area contributed by atoms with Crippen molar-refractivity contribution in [1.29, 1.82) is 5.26 Å². The number of hydrogen-bond acceptors (Lipinski definition) is 4. The van der Waals surface area contributed by atoms with Crippen LogP contribution >= 0.6 is 0 Å². The van der Waals surface area contributed by atoms with Crippen LogP contribution in [0.2, 0.25) is 0 Å². The molecule has 1 aromatic rings. The Bertz CT molecular complexity index is 465. The molecule has 1 aromatic carbocycles. The fourth-order valence-electron chi connectivity index (χ4n) is 1.40. The van der Waals surface area contributed by atoms with Crippen molar-refractivity contribution in [1.82, 2.24) is 0 Å². The lowest BCUT2D eigenvalue weighted by Crippen LogP contribution is -2.26. The standard InChI is InChI=1S/C13H15NO4/c1-3-10(13(15)16)18-11-6-5-9(8-14)7-12(11)17-4-2/h5-7,10H,3-4H2,1-2H3,(H,15,16). The molecule has 1 rings (SSSR count). The number of hydrogen-bond donors (Lipinski definition) is 1. The third-order valence-corrected chi connectivity index (χ3v) is 2.29. The second kappa shape index (κ2) is 6.50. The van der Waals surface area contributed by atoms with E-state index in [4.69, 9.17) is 19.8 Å². The van der Waals surface area contributed by atoms with Crippen LogP contribution in [0, 0.1) is 11.3 Å². The van der Waals surface area contributed by atoms with E-state index in [2.05, 4.69) is 0 Å². The molecule has 0 aromatic heterocycles. The Kier molecular flexibility index (Phi) is 5.00. The number of nitrogens with zero attached hydrogens (tertiary/aromatic N) is 1. The van der Waals surface area contributed by atoms with E-state index in [9.17, 15) is 4.79 Å². The predicted octanol–water partition coefficient (Wildman–Crippen LogP) is 2.20. The van der Waals surface area contributed by atoms with Gasteiger partial charge in [0.05, 0.1) is 18.2 Å². The maximum absolute atomic E-state index is 10.9. The highest BCUT2D eigenvalue weighted by Crippen LogP contribution is 2.29. The summed E-state index contributed by atoms with van der Waals surface area (Å²) in [5.74, 6) is -0.300. The molecule has 0 spiro atoms. The second-order valence-electron chi connectivity index (χ2n) is 3.56. The molecule has 0 fully saturated rings. The summed E-state index contributed by atoms with van der Waals surface area (Å²) >= 11 is 0. The van der Waals surface area contributed by atoms with Gasteiger partial charge >= 0.3 is 5.97 Å². The second-order valence-corrected chi connectivity index (χ2v) is 3.56. The van der Waals surface area contributed by atoms with Crippen molar-refractivity contribution in [2.45, 2.75) is 26.4 Å². The van der Waals surface area contributed by atoms with Gasteiger partial charge < -0.3 is 14.6 Å². The first-order valence-electron chi connectivity index (χ1n) is 5.68. The summed E-state index contributed by atoms with van der Waals surface area (Å²) in [5, 5.41) is 17.7. The van der Waals surface area contributed by atoms with Gasteiger partial charge in [-0.2, -0.15) is 5.26 Å². The molecule has 96 valence electrons. The number of aliphatic carboxylic acids is 1. The number of benzene rings is 1. The predicted molar refractivity (Wildman–Crippen MR) is 64.7 cm³/mol. The lowest BCUT2D eigenvalue weighted by atomic mass is 10.2. The average molecular weight is 249 g/mol. The molecule has 5 heteroatoms. The molecule has 0 radical (unpaired) electrons. The number of carboxylic acid groups (broad SMARTS) is 1. The van der Waals surface area contributed by atoms with Crippen LogP contribution in [0.5, 0.6) is 11.5 Å². The zero-order valence-electron chi connectivity index (χ0n) is 10.3. The number of carbonyl (C=O) groups is 1. The van der Waals surface area contributed by atoms with Gasteiger partial charge in [0.2, 0.25) is 0 Å². The van der Waals surface area contributed by atoms with Crippen molar-refractivity contribution >= 4 is 5.97 Å². The summed E-state index contributed by atoms with van der Waals surface area (Å²) in [6.07, 6.45) is -0.571. The normalized spacial score (nSPS) is 11.4. The Labute approximate surface area is 106 Å². The highest BCUT2D eigenvalue weighted by Gasteiger charge is 2.19. The SMILES string of the molecule is CCOc1cc(C#N)ccc1OC(CC)C(=O)O. The fraction of sp³-hybridized carbons (Fsp3) is 0.385. The van der Waals surface area contributed by atoms with Gasteiger partial charge in [0.1, 0.15) is 0 Å². The number of rotatable bonds is 6. The Balaban J connectivity index is 3.00. The van der Waals surface area contributed by atoms with Gasteiger partial charge in [0.15, 0.2) is 17.6 Å². The minimum Gasteiger partial charge on any atom is -0.490 e. The lowest BCUT2D eigenvalue weighted by Gasteiger charge is -2.16. The topological polar surface area (TPSA) is 79.5 Å². The van der Waals surface area contributed by atoms with E-state index in [0.29, 0.717) is 30.1 Å². The first-order valence-corrected chi connectivity index (χ1v) is 5.68. The van der Waals surface area contributed by atoms with Gasteiger partial charge in [-0.25, -0.2) is 4.79 Å². The Morgan fingerprint density at radius 3 is 2.67 bits per heavy atom. The van der Waals surface area contributed by atoms with E-state index >= 15 is 0 Å². The quantitative estimate of drug-likeness (QED) is 0.836. The lowest BCUT2D eigenvalue weighted by molar-refractivity contribution is -0.145. The molecule has 18 heavy (non-hydrogen) atoms. The summed E-state index contributed by atoms with van der Waals surface area (Å²) < 4.78 is 10.7. The molecule has 0 aliphatic rings. The summed E-state index contributed by atoms with van der Waals surface area (Å²) in [6.45, 7) is 3.94. The van der Waals surface area contributed by atoms with Gasteiger partial charge in [-0.05, 0) is 25.5 Å². The van der Waals surface area contributed by atoms with Gasteiger partial charge in [-0.1, -0.05) is 6.92 Å². The van der Waals surface area contributed by atoms with Crippen molar-refractivity contribution in [3.63, 3.8) is 0 Å². The third kappa shape index (κ3) is 3.39. The van der Waals surface area contributed by atoms with Crippen molar-refractivity contribution in [3.05, 3.63) is 23.8 Å². The molecular weight excluding hydrogens is 234 g/mol. The summed E-state index contributed by atoms with van der Waals surface area (Å²) in [5.41, 5.74) is 0.439. The molecular formula is C13H15NO4. The van der Waals surface area contributed by atoms with Crippen LogP contribution in [0.1, 0.15) is 25.8 Å². The van der Waals surface area contributed by atoms with E-state index in [1.807, 2.05) is 6.07 Å². The van der Waals surface area contributed by atoms with Crippen LogP contribution in [0.3, 0.4) is 0 Å². The zero-order chi connectivity index (χ0) is 13.5. The minimum absolute atomic E-state index is 0.338. The monoisotopic (exact) mass is 249 g/mol. The van der Waals surface area contributed by atoms with E-state index < -0.39 is 12.1 Å². The van der Waals surface area contributed by atoms with Crippen LogP contribution in [-0.2, 0) is 4.79 Å². The largest absolute Gasteiger partial charge is 0.490 e. The smallest absolute Gasteiger partial charge is 0.344 e. The molecule has 0 bridgehead atoms. The van der Waals surface area contributed by atoms with Gasteiger partial charge in [0, 0.05) is 6.07 Å². The molecule has 0 aliphatic heterocycles. The summed E-state index contributed by atoms with van der Waals surface area (Å²) in [4.78, 5) is 10.9. The minimum atomic E-state index is -1.02. The van der Waals surface area contributed by atoms with E-state index in [1.165, 1.54) is 6.07 Å². The van der Waals surface area contributed by atoms with Crippen molar-refractivity contribution < 1.29 is 19.4 Å². The van der Waals surface area contributed by atoms with E-state index in [-0.39, 0.29) is 0 Å². The Hall–Kier alpha value is -2.22. The van der Waals surface area contributed by atoms with Crippen molar-refractivity contribution in [2.75, 3.05) is 6.61 Å². The molecule has 0 heterocycles. The number of nitriles is 1. The Morgan fingerprint density at radius 2 is 2.17 bits per heavy atom. The molecule has 1 atom stereocenters. The maximum Gasteiger partial charge on any atom is 0.344 e. The maximum atomic E-state index is 10.9. The van der Waals surface area contributed by atoms with Crippen molar-refractivity contribution in [2.24, 2.45) is 0 Å². The van der Waals surface area contributed by atoms with E-state index in [0.717, 1.165) is 0 Å². The molecule has 1 unspecified atom stereocenters. The number of ether oxygens (including phenoxy) is 2. The summed E-state index contributed by atoms with van der Waals surface area (Å²) in [7, 11) is 0. The first kappa shape index (κ1) is 13.8. The van der Waals surface area contributed by atoms with Gasteiger partial charge in [0.25, 0.3) is 0 Å². The van der Waals surface area contributed by atoms with Crippen LogP contribution in [0.25, 0.3) is 0 Å². The van der Waals surface area contributed by atoms with Crippen molar-refractivity contribution in [3.8, 4) is 17.6 Å². The van der Waals surface area contributed by atoms with Crippen LogP contribution in [-0.4, -0.2) is 23.8 Å². The first-order chi connectivity index (χ1) is 8.62.